The maximum Gasteiger partial charge on any atom is 0.229 e. The van der Waals surface area contributed by atoms with Crippen molar-refractivity contribution in [3.8, 4) is 0 Å². The van der Waals surface area contributed by atoms with Crippen molar-refractivity contribution in [2.75, 3.05) is 5.32 Å². The highest BCUT2D eigenvalue weighted by molar-refractivity contribution is 6.10. The van der Waals surface area contributed by atoms with E-state index in [0.29, 0.717) is 16.9 Å². The van der Waals surface area contributed by atoms with Gasteiger partial charge in [-0.2, -0.15) is 0 Å². The monoisotopic (exact) mass is 449 g/mol. The number of carbonyl (C=O) groups excluding carboxylic acids is 2. The van der Waals surface area contributed by atoms with Gasteiger partial charge in [-0.3, -0.25) is 9.59 Å². The minimum absolute atomic E-state index is 0.202. The van der Waals surface area contributed by atoms with Gasteiger partial charge in [0.1, 0.15) is 6.10 Å². The molecule has 1 aromatic carbocycles. The highest BCUT2D eigenvalue weighted by Crippen LogP contribution is 2.41. The van der Waals surface area contributed by atoms with Crippen LogP contribution in [0, 0.1) is 19.3 Å². The Labute approximate surface area is 194 Å². The van der Waals surface area contributed by atoms with E-state index in [-0.39, 0.29) is 11.7 Å². The van der Waals surface area contributed by atoms with E-state index in [4.69, 9.17) is 9.47 Å². The van der Waals surface area contributed by atoms with E-state index in [1.54, 1.807) is 19.9 Å². The van der Waals surface area contributed by atoms with Crippen molar-refractivity contribution in [1.82, 2.24) is 9.38 Å². The zero-order valence-corrected chi connectivity index (χ0v) is 20.2. The predicted octanol–water partition coefficient (Wildman–Crippen LogP) is 5.01. The standard InChI is InChI=1S/C26H31N3O4/c1-15-16(2)29-14-13-18(19(23(29)27-15)28-24(31)25(3,4)5)20(30)22-21(32-26(6,7)33-22)17-11-9-8-10-12-17/h8-14,21-22H,1-7H3,(H,28,31)/t21-,22-/m0/s1. The van der Waals surface area contributed by atoms with Gasteiger partial charge in [0.25, 0.3) is 0 Å². The van der Waals surface area contributed by atoms with Crippen LogP contribution in [0.3, 0.4) is 0 Å². The molecule has 2 aromatic heterocycles. The summed E-state index contributed by atoms with van der Waals surface area (Å²) in [6.07, 6.45) is 0.370. The van der Waals surface area contributed by atoms with E-state index in [1.807, 2.05) is 75.5 Å². The van der Waals surface area contributed by atoms with Crippen LogP contribution in [0.1, 0.15) is 68.0 Å². The third kappa shape index (κ3) is 4.30. The number of imidazole rings is 1. The first kappa shape index (κ1) is 23.1. The Hall–Kier alpha value is -3.03. The third-order valence-corrected chi connectivity index (χ3v) is 5.94. The second-order valence-corrected chi connectivity index (χ2v) is 10.0. The van der Waals surface area contributed by atoms with Crippen LogP contribution in [-0.2, 0) is 14.3 Å². The van der Waals surface area contributed by atoms with Crippen molar-refractivity contribution in [3.05, 3.63) is 65.1 Å². The van der Waals surface area contributed by atoms with Gasteiger partial charge in [-0.15, -0.1) is 0 Å². The van der Waals surface area contributed by atoms with E-state index in [1.165, 1.54) is 0 Å². The van der Waals surface area contributed by atoms with Crippen LogP contribution >= 0.6 is 0 Å². The van der Waals surface area contributed by atoms with Crippen LogP contribution in [0.25, 0.3) is 5.65 Å². The van der Waals surface area contributed by atoms with E-state index in [2.05, 4.69) is 10.3 Å². The lowest BCUT2D eigenvalue weighted by atomic mass is 9.94. The Morgan fingerprint density at radius 3 is 2.36 bits per heavy atom. The second-order valence-electron chi connectivity index (χ2n) is 10.0. The number of Topliss-reactive ketones (excluding diaryl/α,β-unsaturated/α-hetero) is 1. The Bertz CT molecular complexity index is 1220. The van der Waals surface area contributed by atoms with Crippen LogP contribution in [0.5, 0.6) is 0 Å². The maximum atomic E-state index is 13.9. The minimum atomic E-state index is -0.930. The first-order valence-electron chi connectivity index (χ1n) is 11.1. The Morgan fingerprint density at radius 2 is 1.73 bits per heavy atom. The van der Waals surface area contributed by atoms with E-state index in [9.17, 15) is 9.59 Å². The molecule has 1 aliphatic heterocycles. The summed E-state index contributed by atoms with van der Waals surface area (Å²) >= 11 is 0. The number of amides is 1. The number of pyridine rings is 1. The van der Waals surface area contributed by atoms with Crippen LogP contribution in [0.2, 0.25) is 0 Å². The molecule has 1 N–H and O–H groups in total. The average Bonchev–Trinajstić information content (AvgIpc) is 3.23. The number of benzene rings is 1. The van der Waals surface area contributed by atoms with Crippen LogP contribution < -0.4 is 5.32 Å². The van der Waals surface area contributed by atoms with Crippen molar-refractivity contribution in [3.63, 3.8) is 0 Å². The minimum Gasteiger partial charge on any atom is -0.339 e. The number of aromatic nitrogens is 2. The first-order valence-corrected chi connectivity index (χ1v) is 11.1. The quantitative estimate of drug-likeness (QED) is 0.566. The highest BCUT2D eigenvalue weighted by Gasteiger charge is 2.46. The normalized spacial score (nSPS) is 20.2. The average molecular weight is 450 g/mol. The molecule has 7 nitrogen and oxygen atoms in total. The number of anilines is 1. The molecular weight excluding hydrogens is 418 g/mol. The van der Waals surface area contributed by atoms with Crippen LogP contribution in [0.15, 0.2) is 42.6 Å². The van der Waals surface area contributed by atoms with Gasteiger partial charge in [-0.1, -0.05) is 51.1 Å². The molecule has 3 aromatic rings. The van der Waals surface area contributed by atoms with Gasteiger partial charge in [0, 0.05) is 22.9 Å². The van der Waals surface area contributed by atoms with Crippen molar-refractivity contribution in [2.45, 2.75) is 66.5 Å². The topological polar surface area (TPSA) is 81.9 Å². The number of ketones is 1. The summed E-state index contributed by atoms with van der Waals surface area (Å²) in [5.74, 6) is -1.40. The SMILES string of the molecule is Cc1nc2c(NC(=O)C(C)(C)C)c(C(=O)[C@@H]3OC(C)(C)O[C@H]3c3ccccc3)ccn2c1C. The molecule has 0 bridgehead atoms. The number of rotatable bonds is 4. The largest absolute Gasteiger partial charge is 0.339 e. The summed E-state index contributed by atoms with van der Waals surface area (Å²) in [6, 6.07) is 11.3. The molecule has 1 fully saturated rings. The Kier molecular flexibility index (Phi) is 5.66. The third-order valence-electron chi connectivity index (χ3n) is 5.94. The Balaban J connectivity index is 1.83. The number of nitrogens with one attached hydrogen (secondary N) is 1. The molecule has 1 saturated heterocycles. The highest BCUT2D eigenvalue weighted by atomic mass is 16.8. The molecule has 2 atom stereocenters. The molecule has 3 heterocycles. The number of fused-ring (bicyclic) bond motifs is 1. The number of nitrogens with zero attached hydrogens (tertiary/aromatic N) is 2. The van der Waals surface area contributed by atoms with Crippen molar-refractivity contribution < 1.29 is 19.1 Å². The summed E-state index contributed by atoms with van der Waals surface area (Å²) in [4.78, 5) is 31.5. The van der Waals surface area contributed by atoms with Gasteiger partial charge in [0.05, 0.1) is 11.4 Å². The van der Waals surface area contributed by atoms with Crippen molar-refractivity contribution in [1.29, 1.82) is 0 Å². The summed E-state index contributed by atoms with van der Waals surface area (Å²) in [7, 11) is 0. The molecule has 0 unspecified atom stereocenters. The fourth-order valence-corrected chi connectivity index (χ4v) is 3.96. The molecule has 0 spiro atoms. The van der Waals surface area contributed by atoms with Gasteiger partial charge in [-0.05, 0) is 39.3 Å². The fraction of sp³-hybridized carbons (Fsp3) is 0.423. The molecule has 1 aliphatic rings. The molecule has 0 radical (unpaired) electrons. The summed E-state index contributed by atoms with van der Waals surface area (Å²) in [6.45, 7) is 12.9. The van der Waals surface area contributed by atoms with Crippen molar-refractivity contribution >= 4 is 23.0 Å². The Morgan fingerprint density at radius 1 is 1.06 bits per heavy atom. The summed E-state index contributed by atoms with van der Waals surface area (Å²) < 4.78 is 14.1. The van der Waals surface area contributed by atoms with Crippen LogP contribution in [-0.4, -0.2) is 33.0 Å². The molecular formula is C26H31N3O4. The van der Waals surface area contributed by atoms with E-state index in [0.717, 1.165) is 17.0 Å². The lowest BCUT2D eigenvalue weighted by Crippen LogP contribution is -2.31. The number of hydrogen-bond donors (Lipinski definition) is 1. The lowest BCUT2D eigenvalue weighted by Gasteiger charge is -2.21. The smallest absolute Gasteiger partial charge is 0.229 e. The second kappa shape index (κ2) is 8.08. The van der Waals surface area contributed by atoms with Gasteiger partial charge >= 0.3 is 0 Å². The molecule has 0 saturated carbocycles. The molecule has 1 amide bonds. The van der Waals surface area contributed by atoms with Gasteiger partial charge in [-0.25, -0.2) is 4.98 Å². The predicted molar refractivity (Wildman–Crippen MR) is 126 cm³/mol. The fourth-order valence-electron chi connectivity index (χ4n) is 3.96. The number of carbonyl (C=O) groups is 2. The number of ether oxygens (including phenoxy) is 2. The molecule has 7 heteroatoms. The zero-order chi connectivity index (χ0) is 24.1. The van der Waals surface area contributed by atoms with Gasteiger partial charge in [0.2, 0.25) is 5.91 Å². The lowest BCUT2D eigenvalue weighted by molar-refractivity contribution is -0.143. The van der Waals surface area contributed by atoms with E-state index < -0.39 is 23.4 Å². The van der Waals surface area contributed by atoms with Gasteiger partial charge in [0.15, 0.2) is 23.3 Å². The first-order chi connectivity index (χ1) is 15.4. The van der Waals surface area contributed by atoms with Gasteiger partial charge < -0.3 is 19.2 Å². The molecule has 33 heavy (non-hydrogen) atoms. The van der Waals surface area contributed by atoms with E-state index >= 15 is 0 Å². The summed E-state index contributed by atoms with van der Waals surface area (Å²) in [5, 5.41) is 2.97. The molecule has 4 rings (SSSR count). The maximum absolute atomic E-state index is 13.9. The number of hydrogen-bond acceptors (Lipinski definition) is 5. The summed E-state index contributed by atoms with van der Waals surface area (Å²) in [5.41, 5.74) is 3.24. The van der Waals surface area contributed by atoms with Crippen molar-refractivity contribution in [2.24, 2.45) is 5.41 Å². The number of aryl methyl sites for hydroxylation is 2. The molecule has 0 aliphatic carbocycles. The molecule has 174 valence electrons. The zero-order valence-electron chi connectivity index (χ0n) is 20.2. The van der Waals surface area contributed by atoms with Crippen LogP contribution in [0.4, 0.5) is 5.69 Å².